The van der Waals surface area contributed by atoms with Gasteiger partial charge >= 0.3 is 5.97 Å². The van der Waals surface area contributed by atoms with E-state index < -0.39 is 12.0 Å². The van der Waals surface area contributed by atoms with E-state index in [1.165, 1.54) is 12.1 Å². The number of carbonyl (C=O) groups excluding carboxylic acids is 1. The van der Waals surface area contributed by atoms with Crippen molar-refractivity contribution >= 4 is 5.97 Å². The van der Waals surface area contributed by atoms with Gasteiger partial charge in [-0.05, 0) is 24.1 Å². The molecule has 0 aliphatic carbocycles. The van der Waals surface area contributed by atoms with Gasteiger partial charge in [0, 0.05) is 0 Å². The van der Waals surface area contributed by atoms with Crippen LogP contribution in [0.5, 0.6) is 5.75 Å². The first-order valence-electron chi connectivity index (χ1n) is 5.11. The zero-order valence-corrected chi connectivity index (χ0v) is 9.20. The second-order valence-corrected chi connectivity index (χ2v) is 3.43. The van der Waals surface area contributed by atoms with Gasteiger partial charge < -0.3 is 15.9 Å². The van der Waals surface area contributed by atoms with Gasteiger partial charge in [0.2, 0.25) is 0 Å². The molecule has 0 unspecified atom stereocenters. The minimum absolute atomic E-state index is 0.0856. The van der Waals surface area contributed by atoms with Crippen LogP contribution in [0.25, 0.3) is 0 Å². The summed E-state index contributed by atoms with van der Waals surface area (Å²) in [5.74, 6) is -0.553. The van der Waals surface area contributed by atoms with E-state index in [4.69, 9.17) is 15.9 Å². The molecule has 6 heteroatoms. The average molecular weight is 241 g/mol. The number of phenols is 1. The summed E-state index contributed by atoms with van der Waals surface area (Å²) < 4.78 is 0. The lowest BCUT2D eigenvalue weighted by molar-refractivity contribution is -0.276. The Kier molecular flexibility index (Phi) is 5.41. The van der Waals surface area contributed by atoms with E-state index >= 15 is 0 Å². The van der Waals surface area contributed by atoms with Crippen LogP contribution in [0.1, 0.15) is 5.56 Å². The van der Waals surface area contributed by atoms with Gasteiger partial charge in [0.25, 0.3) is 0 Å². The van der Waals surface area contributed by atoms with Crippen LogP contribution in [-0.2, 0) is 21.0 Å². The molecule has 0 aliphatic heterocycles. The topological polar surface area (TPSA) is 102 Å². The van der Waals surface area contributed by atoms with Crippen molar-refractivity contribution in [2.24, 2.45) is 5.73 Å². The van der Waals surface area contributed by atoms with E-state index in [1.807, 2.05) is 0 Å². The molecule has 0 aromatic heterocycles. The Morgan fingerprint density at radius 1 is 1.35 bits per heavy atom. The highest BCUT2D eigenvalue weighted by molar-refractivity contribution is 5.75. The third-order valence-electron chi connectivity index (χ3n) is 2.01. The maximum Gasteiger partial charge on any atom is 0.359 e. The van der Waals surface area contributed by atoms with Gasteiger partial charge in [-0.2, -0.15) is 4.89 Å². The van der Waals surface area contributed by atoms with Gasteiger partial charge in [-0.3, -0.25) is 4.89 Å². The smallest absolute Gasteiger partial charge is 0.359 e. The molecular formula is C11H15NO5. The molecular weight excluding hydrogens is 226 g/mol. The minimum Gasteiger partial charge on any atom is -0.508 e. The van der Waals surface area contributed by atoms with Gasteiger partial charge in [-0.15, -0.1) is 0 Å². The molecule has 17 heavy (non-hydrogen) atoms. The molecule has 6 nitrogen and oxygen atoms in total. The molecule has 0 aliphatic rings. The van der Waals surface area contributed by atoms with E-state index in [0.717, 1.165) is 5.56 Å². The summed E-state index contributed by atoms with van der Waals surface area (Å²) in [6.07, 6.45) is 0.279. The molecule has 1 aromatic carbocycles. The lowest BCUT2D eigenvalue weighted by atomic mass is 10.1. The molecule has 0 bridgehead atoms. The van der Waals surface area contributed by atoms with E-state index in [0.29, 0.717) is 0 Å². The van der Waals surface area contributed by atoms with Crippen molar-refractivity contribution < 1.29 is 24.8 Å². The average Bonchev–Trinajstić information content (AvgIpc) is 2.32. The number of nitrogens with two attached hydrogens (primary N) is 1. The molecule has 0 amide bonds. The molecule has 4 N–H and O–H groups in total. The summed E-state index contributed by atoms with van der Waals surface area (Å²) in [5, 5.41) is 17.5. The summed E-state index contributed by atoms with van der Waals surface area (Å²) in [6, 6.07) is 5.50. The summed E-state index contributed by atoms with van der Waals surface area (Å²) >= 11 is 0. The molecule has 0 saturated heterocycles. The standard InChI is InChI=1S/C11H15NO5/c12-10(11(15)17-16-6-5-13)7-8-1-3-9(14)4-2-8/h1-4,10,13-14H,5-7,12H2/t10-/m0/s1. The van der Waals surface area contributed by atoms with Gasteiger partial charge in [0.1, 0.15) is 18.4 Å². The molecule has 1 rings (SSSR count). The SMILES string of the molecule is N[C@@H](Cc1ccc(O)cc1)C(=O)OOCCO. The van der Waals surface area contributed by atoms with Crippen LogP contribution in [0.2, 0.25) is 0 Å². The van der Waals surface area contributed by atoms with Crippen molar-refractivity contribution in [3.8, 4) is 5.75 Å². The normalized spacial score (nSPS) is 12.1. The van der Waals surface area contributed by atoms with Crippen LogP contribution < -0.4 is 5.73 Å². The van der Waals surface area contributed by atoms with E-state index in [9.17, 15) is 4.79 Å². The van der Waals surface area contributed by atoms with Crippen LogP contribution in [0.15, 0.2) is 24.3 Å². The Morgan fingerprint density at radius 3 is 2.59 bits per heavy atom. The molecule has 0 spiro atoms. The lowest BCUT2D eigenvalue weighted by Crippen LogP contribution is -2.34. The van der Waals surface area contributed by atoms with Crippen LogP contribution in [0, 0.1) is 0 Å². The van der Waals surface area contributed by atoms with Crippen molar-refractivity contribution in [1.29, 1.82) is 0 Å². The highest BCUT2D eigenvalue weighted by atomic mass is 17.2. The summed E-state index contributed by atoms with van der Waals surface area (Å²) in [6.45, 7) is -0.321. The summed E-state index contributed by atoms with van der Waals surface area (Å²) in [7, 11) is 0. The van der Waals surface area contributed by atoms with Crippen molar-refractivity contribution in [3.05, 3.63) is 29.8 Å². The fourth-order valence-corrected chi connectivity index (χ4v) is 1.17. The number of hydrogen-bond acceptors (Lipinski definition) is 6. The predicted octanol–water partition coefficient (Wildman–Crippen LogP) is -0.271. The van der Waals surface area contributed by atoms with E-state index in [2.05, 4.69) is 9.78 Å². The molecule has 0 fully saturated rings. The fourth-order valence-electron chi connectivity index (χ4n) is 1.17. The van der Waals surface area contributed by atoms with Crippen LogP contribution in [0.4, 0.5) is 0 Å². The van der Waals surface area contributed by atoms with E-state index in [1.54, 1.807) is 12.1 Å². The summed E-state index contributed by atoms with van der Waals surface area (Å²) in [5.41, 5.74) is 6.39. The maximum absolute atomic E-state index is 11.3. The monoisotopic (exact) mass is 241 g/mol. The van der Waals surface area contributed by atoms with Gasteiger partial charge in [0.15, 0.2) is 0 Å². The quantitative estimate of drug-likeness (QED) is 0.360. The molecule has 0 saturated carbocycles. The highest BCUT2D eigenvalue weighted by Crippen LogP contribution is 2.11. The molecule has 0 heterocycles. The Bertz CT molecular complexity index is 351. The van der Waals surface area contributed by atoms with Gasteiger partial charge in [-0.25, -0.2) is 4.79 Å². The minimum atomic E-state index is -0.849. The number of carbonyl (C=O) groups is 1. The highest BCUT2D eigenvalue weighted by Gasteiger charge is 2.16. The molecule has 0 radical (unpaired) electrons. The Balaban J connectivity index is 2.40. The fraction of sp³-hybridized carbons (Fsp3) is 0.364. The third kappa shape index (κ3) is 4.81. The maximum atomic E-state index is 11.3. The van der Waals surface area contributed by atoms with Crippen molar-refractivity contribution in [1.82, 2.24) is 0 Å². The Hall–Kier alpha value is -1.63. The number of aromatic hydroxyl groups is 1. The zero-order chi connectivity index (χ0) is 12.7. The van der Waals surface area contributed by atoms with Gasteiger partial charge in [-0.1, -0.05) is 12.1 Å². The molecule has 94 valence electrons. The number of rotatable bonds is 6. The first kappa shape index (κ1) is 13.4. The second-order valence-electron chi connectivity index (χ2n) is 3.43. The van der Waals surface area contributed by atoms with Gasteiger partial charge in [0.05, 0.1) is 6.61 Å². The predicted molar refractivity (Wildman–Crippen MR) is 58.9 cm³/mol. The van der Waals surface area contributed by atoms with E-state index in [-0.39, 0.29) is 25.4 Å². The zero-order valence-electron chi connectivity index (χ0n) is 9.20. The second kappa shape index (κ2) is 6.85. The first-order chi connectivity index (χ1) is 8.13. The van der Waals surface area contributed by atoms with Crippen LogP contribution >= 0.6 is 0 Å². The lowest BCUT2D eigenvalue weighted by Gasteiger charge is -2.09. The number of hydrogen-bond donors (Lipinski definition) is 3. The third-order valence-corrected chi connectivity index (χ3v) is 2.01. The summed E-state index contributed by atoms with van der Waals surface area (Å²) in [4.78, 5) is 20.1. The first-order valence-corrected chi connectivity index (χ1v) is 5.11. The largest absolute Gasteiger partial charge is 0.508 e. The van der Waals surface area contributed by atoms with Crippen LogP contribution in [0.3, 0.4) is 0 Å². The Labute approximate surface area is 98.5 Å². The van der Waals surface area contributed by atoms with Crippen molar-refractivity contribution in [2.45, 2.75) is 12.5 Å². The number of benzene rings is 1. The van der Waals surface area contributed by atoms with Crippen molar-refractivity contribution in [2.75, 3.05) is 13.2 Å². The number of aliphatic hydroxyl groups is 1. The van der Waals surface area contributed by atoms with Crippen molar-refractivity contribution in [3.63, 3.8) is 0 Å². The number of phenolic OH excluding ortho intramolecular Hbond substituents is 1. The van der Waals surface area contributed by atoms with Crippen LogP contribution in [-0.4, -0.2) is 35.4 Å². The Morgan fingerprint density at radius 2 is 2.00 bits per heavy atom. The number of aliphatic hydroxyl groups excluding tert-OH is 1. The molecule has 1 aromatic rings. The molecule has 1 atom stereocenters.